The van der Waals surface area contributed by atoms with Crippen molar-refractivity contribution < 1.29 is 8.42 Å². The molecule has 1 aromatic carbocycles. The lowest BCUT2D eigenvalue weighted by Crippen LogP contribution is -2.27. The molecule has 0 saturated carbocycles. The van der Waals surface area contributed by atoms with Gasteiger partial charge in [-0.1, -0.05) is 0 Å². The second kappa shape index (κ2) is 5.26. The van der Waals surface area contributed by atoms with E-state index in [9.17, 15) is 8.42 Å². The highest BCUT2D eigenvalue weighted by atomic mass is 32.2. The van der Waals surface area contributed by atoms with Gasteiger partial charge in [-0.3, -0.25) is 0 Å². The number of aromatic amines is 1. The topological polar surface area (TPSA) is 92.1 Å². The molecule has 20 heavy (non-hydrogen) atoms. The van der Waals surface area contributed by atoms with E-state index in [1.807, 2.05) is 6.92 Å². The Labute approximate surface area is 118 Å². The molecule has 0 aliphatic carbocycles. The first kappa shape index (κ1) is 14.5. The molecule has 1 aromatic heterocycles. The van der Waals surface area contributed by atoms with Gasteiger partial charge in [0.05, 0.1) is 11.4 Å². The summed E-state index contributed by atoms with van der Waals surface area (Å²) in [6.45, 7) is 3.81. The molecule has 0 radical (unpaired) electrons. The van der Waals surface area contributed by atoms with Crippen molar-refractivity contribution in [3.63, 3.8) is 0 Å². The number of anilines is 1. The molecule has 6 nitrogen and oxygen atoms in total. The molecule has 3 N–H and O–H groups in total. The number of H-pyrrole nitrogens is 1. The van der Waals surface area contributed by atoms with Crippen LogP contribution < -0.4 is 5.73 Å². The van der Waals surface area contributed by atoms with Gasteiger partial charge in [-0.05, 0) is 37.1 Å². The number of nitrogens with zero attached hydrogens (tertiary/aromatic N) is 2. The molecule has 0 spiro atoms. The highest BCUT2D eigenvalue weighted by Gasteiger charge is 2.24. The molecule has 0 bridgehead atoms. The Hall–Kier alpha value is -1.86. The highest BCUT2D eigenvalue weighted by Crippen LogP contribution is 2.25. The molecule has 2 rings (SSSR count). The number of imidazole rings is 1. The molecule has 0 aliphatic heterocycles. The first-order chi connectivity index (χ1) is 9.32. The Morgan fingerprint density at radius 2 is 2.05 bits per heavy atom. The minimum Gasteiger partial charge on any atom is -0.399 e. The lowest BCUT2D eigenvalue weighted by molar-refractivity contribution is 0.457. The monoisotopic (exact) mass is 294 g/mol. The van der Waals surface area contributed by atoms with E-state index in [-0.39, 0.29) is 11.4 Å². The standard InChI is InChI=1S/C13H18N4O2S/c1-9-6-11(14)7-12(10(9)2)20(18,19)17(3)8-13-15-4-5-16-13/h4-7H,8,14H2,1-3H3,(H,15,16). The molecular weight excluding hydrogens is 276 g/mol. The van der Waals surface area contributed by atoms with Crippen LogP contribution >= 0.6 is 0 Å². The van der Waals surface area contributed by atoms with Crippen LogP contribution in [-0.2, 0) is 16.6 Å². The molecule has 0 fully saturated rings. The smallest absolute Gasteiger partial charge is 0.243 e. The van der Waals surface area contributed by atoms with Crippen LogP contribution in [0.1, 0.15) is 17.0 Å². The number of hydrogen-bond acceptors (Lipinski definition) is 4. The van der Waals surface area contributed by atoms with Crippen molar-refractivity contribution in [2.45, 2.75) is 25.3 Å². The number of sulfonamides is 1. The summed E-state index contributed by atoms with van der Waals surface area (Å²) in [4.78, 5) is 7.16. The summed E-state index contributed by atoms with van der Waals surface area (Å²) in [5.74, 6) is 0.592. The summed E-state index contributed by atoms with van der Waals surface area (Å²) < 4.78 is 26.5. The van der Waals surface area contributed by atoms with Crippen LogP contribution in [-0.4, -0.2) is 29.7 Å². The van der Waals surface area contributed by atoms with Gasteiger partial charge < -0.3 is 10.7 Å². The van der Waals surface area contributed by atoms with Crippen molar-refractivity contribution >= 4 is 15.7 Å². The van der Waals surface area contributed by atoms with Crippen molar-refractivity contribution in [1.82, 2.24) is 14.3 Å². The lowest BCUT2D eigenvalue weighted by atomic mass is 10.1. The van der Waals surface area contributed by atoms with E-state index < -0.39 is 10.0 Å². The van der Waals surface area contributed by atoms with Crippen LogP contribution in [0.5, 0.6) is 0 Å². The molecule has 0 aliphatic rings. The molecule has 0 unspecified atom stereocenters. The van der Waals surface area contributed by atoms with E-state index in [0.717, 1.165) is 5.56 Å². The van der Waals surface area contributed by atoms with E-state index in [4.69, 9.17) is 5.73 Å². The second-order valence-electron chi connectivity index (χ2n) is 4.76. The summed E-state index contributed by atoms with van der Waals surface area (Å²) in [6, 6.07) is 3.26. The SMILES string of the molecule is Cc1cc(N)cc(S(=O)(=O)N(C)Cc2ncc[nH]2)c1C. The fourth-order valence-electron chi connectivity index (χ4n) is 1.97. The van der Waals surface area contributed by atoms with E-state index >= 15 is 0 Å². The van der Waals surface area contributed by atoms with Crippen LogP contribution in [0.4, 0.5) is 5.69 Å². The maximum Gasteiger partial charge on any atom is 0.243 e. The van der Waals surface area contributed by atoms with Gasteiger partial charge in [0, 0.05) is 25.1 Å². The van der Waals surface area contributed by atoms with Gasteiger partial charge in [0.25, 0.3) is 0 Å². The summed E-state index contributed by atoms with van der Waals surface area (Å²) in [7, 11) is -2.07. The van der Waals surface area contributed by atoms with Crippen molar-refractivity contribution in [1.29, 1.82) is 0 Å². The van der Waals surface area contributed by atoms with Gasteiger partial charge in [-0.15, -0.1) is 0 Å². The number of nitrogen functional groups attached to an aromatic ring is 1. The minimum atomic E-state index is -3.60. The van der Waals surface area contributed by atoms with Gasteiger partial charge in [0.1, 0.15) is 5.82 Å². The molecular formula is C13H18N4O2S. The number of nitrogens with two attached hydrogens (primary N) is 1. The minimum absolute atomic E-state index is 0.183. The van der Waals surface area contributed by atoms with Crippen LogP contribution in [0.25, 0.3) is 0 Å². The Kier molecular flexibility index (Phi) is 3.82. The van der Waals surface area contributed by atoms with Crippen LogP contribution in [0, 0.1) is 13.8 Å². The molecule has 1 heterocycles. The van der Waals surface area contributed by atoms with Gasteiger partial charge >= 0.3 is 0 Å². The third-order valence-electron chi connectivity index (χ3n) is 3.26. The van der Waals surface area contributed by atoms with Crippen molar-refractivity contribution in [2.24, 2.45) is 0 Å². The van der Waals surface area contributed by atoms with Crippen molar-refractivity contribution in [3.05, 3.63) is 41.5 Å². The summed E-state index contributed by atoms with van der Waals surface area (Å²) in [5, 5.41) is 0. The molecule has 7 heteroatoms. The summed E-state index contributed by atoms with van der Waals surface area (Å²) in [5.41, 5.74) is 7.77. The second-order valence-corrected chi connectivity index (χ2v) is 6.77. The normalized spacial score (nSPS) is 12.0. The molecule has 0 atom stereocenters. The largest absolute Gasteiger partial charge is 0.399 e. The summed E-state index contributed by atoms with van der Waals surface area (Å²) in [6.07, 6.45) is 3.25. The van der Waals surface area contributed by atoms with Gasteiger partial charge in [0.2, 0.25) is 10.0 Å². The Balaban J connectivity index is 2.40. The molecule has 0 saturated heterocycles. The molecule has 108 valence electrons. The highest BCUT2D eigenvalue weighted by molar-refractivity contribution is 7.89. The molecule has 0 amide bonds. The predicted molar refractivity (Wildman–Crippen MR) is 77.6 cm³/mol. The zero-order valence-electron chi connectivity index (χ0n) is 11.7. The predicted octanol–water partition coefficient (Wildman–Crippen LogP) is 1.43. The average molecular weight is 294 g/mol. The van der Waals surface area contributed by atoms with Crippen LogP contribution in [0.15, 0.2) is 29.4 Å². The zero-order valence-corrected chi connectivity index (χ0v) is 12.5. The first-order valence-electron chi connectivity index (χ1n) is 6.13. The first-order valence-corrected chi connectivity index (χ1v) is 7.57. The fourth-order valence-corrected chi connectivity index (χ4v) is 3.43. The maximum absolute atomic E-state index is 12.6. The zero-order chi connectivity index (χ0) is 14.9. The molecule has 2 aromatic rings. The number of nitrogens with one attached hydrogen (secondary N) is 1. The van der Waals surface area contributed by atoms with Gasteiger partial charge in [0.15, 0.2) is 0 Å². The van der Waals surface area contributed by atoms with Crippen LogP contribution in [0.3, 0.4) is 0 Å². The Morgan fingerprint density at radius 3 is 2.65 bits per heavy atom. The van der Waals surface area contributed by atoms with Crippen molar-refractivity contribution in [3.8, 4) is 0 Å². The van der Waals surface area contributed by atoms with E-state index in [1.54, 1.807) is 25.4 Å². The quantitative estimate of drug-likeness (QED) is 0.834. The number of aryl methyl sites for hydroxylation is 1. The average Bonchev–Trinajstić information content (AvgIpc) is 2.86. The third kappa shape index (κ3) is 2.68. The van der Waals surface area contributed by atoms with Crippen molar-refractivity contribution in [2.75, 3.05) is 12.8 Å². The summed E-state index contributed by atoms with van der Waals surface area (Å²) >= 11 is 0. The number of hydrogen-bond donors (Lipinski definition) is 2. The number of aromatic nitrogens is 2. The van der Waals surface area contributed by atoms with E-state index in [2.05, 4.69) is 9.97 Å². The van der Waals surface area contributed by atoms with Gasteiger partial charge in [-0.25, -0.2) is 13.4 Å². The Bertz CT molecular complexity index is 708. The lowest BCUT2D eigenvalue weighted by Gasteiger charge is -2.18. The van der Waals surface area contributed by atoms with E-state index in [0.29, 0.717) is 17.1 Å². The Morgan fingerprint density at radius 1 is 1.35 bits per heavy atom. The number of benzene rings is 1. The fraction of sp³-hybridized carbons (Fsp3) is 0.308. The maximum atomic E-state index is 12.6. The number of rotatable bonds is 4. The van der Waals surface area contributed by atoms with Gasteiger partial charge in [-0.2, -0.15) is 4.31 Å². The third-order valence-corrected chi connectivity index (χ3v) is 5.19. The van der Waals surface area contributed by atoms with Crippen LogP contribution in [0.2, 0.25) is 0 Å². The van der Waals surface area contributed by atoms with E-state index in [1.165, 1.54) is 17.4 Å².